The van der Waals surface area contributed by atoms with E-state index in [1.54, 1.807) is 0 Å². The van der Waals surface area contributed by atoms with Gasteiger partial charge in [-0.2, -0.15) is 0 Å². The third-order valence-corrected chi connectivity index (χ3v) is 5.11. The second-order valence-electron chi connectivity index (χ2n) is 7.85. The predicted molar refractivity (Wildman–Crippen MR) is 96.4 cm³/mol. The Hall–Kier alpha value is 0.939. The minimum absolute atomic E-state index is 0. The molecular weight excluding hydrogens is 374 g/mol. The van der Waals surface area contributed by atoms with Crippen LogP contribution >= 0.6 is 23.2 Å². The fourth-order valence-electron chi connectivity index (χ4n) is 3.76. The number of likely N-dealkylation sites (N-methyl/N-ethyl adjacent to an activating group) is 2. The first-order valence-corrected chi connectivity index (χ1v) is 9.10. The quantitative estimate of drug-likeness (QED) is 0.446. The summed E-state index contributed by atoms with van der Waals surface area (Å²) in [5, 5.41) is 0. The van der Waals surface area contributed by atoms with Crippen LogP contribution in [0, 0.1) is 0 Å². The van der Waals surface area contributed by atoms with Gasteiger partial charge in [0.05, 0.1) is 9.75 Å². The van der Waals surface area contributed by atoms with Crippen molar-refractivity contribution in [3.8, 4) is 0 Å². The maximum absolute atomic E-state index is 6.78. The molecule has 4 nitrogen and oxygen atoms in total. The Morgan fingerprint density at radius 3 is 1.26 bits per heavy atom. The van der Waals surface area contributed by atoms with Crippen LogP contribution in [-0.4, -0.2) is 109 Å². The minimum atomic E-state index is -0.180. The van der Waals surface area contributed by atoms with Crippen molar-refractivity contribution in [3.05, 3.63) is 0 Å². The molecule has 2 rings (SSSR count). The molecule has 2 aliphatic heterocycles. The topological polar surface area (TPSA) is 13.0 Å². The molecule has 4 unspecified atom stereocenters. The summed E-state index contributed by atoms with van der Waals surface area (Å²) < 4.78 is 0. The predicted octanol–water partition coefficient (Wildman–Crippen LogP) is 1.47. The Bertz CT molecular complexity index is 334. The molecule has 2 fully saturated rings. The summed E-state index contributed by atoms with van der Waals surface area (Å²) in [7, 11) is 4.34. The van der Waals surface area contributed by atoms with E-state index in [2.05, 4.69) is 47.5 Å². The van der Waals surface area contributed by atoms with E-state index >= 15 is 0 Å². The van der Waals surface area contributed by atoms with Crippen molar-refractivity contribution in [2.75, 3.05) is 79.5 Å². The molecule has 2 aliphatic rings. The molecule has 0 spiro atoms. The number of fused-ring (bicyclic) bond motifs is 3. The zero-order chi connectivity index (χ0) is 16.4. The van der Waals surface area contributed by atoms with E-state index in [9.17, 15) is 0 Å². The van der Waals surface area contributed by atoms with Crippen molar-refractivity contribution in [3.63, 3.8) is 0 Å². The summed E-state index contributed by atoms with van der Waals surface area (Å²) in [4.78, 5) is 9.39. The van der Waals surface area contributed by atoms with Gasteiger partial charge in [0.25, 0.3) is 0 Å². The van der Waals surface area contributed by atoms with Crippen LogP contribution in [0.15, 0.2) is 0 Å². The average molecular weight is 406 g/mol. The molecule has 0 amide bonds. The Kier molecular flexibility index (Phi) is 8.64. The zero-order valence-electron chi connectivity index (χ0n) is 15.0. The van der Waals surface area contributed by atoms with Crippen LogP contribution in [0.4, 0.5) is 0 Å². The van der Waals surface area contributed by atoms with Gasteiger partial charge in [-0.25, -0.2) is 0 Å². The fourth-order valence-corrected chi connectivity index (χ4v) is 4.51. The van der Waals surface area contributed by atoms with Crippen molar-refractivity contribution in [2.24, 2.45) is 0 Å². The molecule has 0 aliphatic carbocycles. The monoisotopic (exact) mass is 405 g/mol. The number of nitrogens with zero attached hydrogens (tertiary/aromatic N) is 4. The van der Waals surface area contributed by atoms with Gasteiger partial charge in [-0.3, -0.25) is 9.80 Å². The molecule has 0 aromatic heterocycles. The summed E-state index contributed by atoms with van der Waals surface area (Å²) in [6.45, 7) is 14.4. The van der Waals surface area contributed by atoms with Crippen LogP contribution in [-0.2, 0) is 17.1 Å². The third kappa shape index (κ3) is 7.79. The number of hydrogen-bond donors (Lipinski definition) is 0. The van der Waals surface area contributed by atoms with E-state index in [0.717, 1.165) is 65.4 Å². The molecule has 0 aromatic rings. The maximum Gasteiger partial charge on any atom is 2.00 e. The normalized spacial score (nSPS) is 42.0. The summed E-state index contributed by atoms with van der Waals surface area (Å²) in [5.41, 5.74) is 0. The van der Waals surface area contributed by atoms with Gasteiger partial charge < -0.3 is 9.80 Å². The first-order valence-electron chi connectivity index (χ1n) is 8.35. The molecule has 2 bridgehead atoms. The first kappa shape index (κ1) is 22.0. The van der Waals surface area contributed by atoms with Crippen molar-refractivity contribution in [1.82, 2.24) is 19.6 Å². The maximum atomic E-state index is 6.78. The van der Waals surface area contributed by atoms with Crippen LogP contribution in [0.2, 0.25) is 0 Å². The van der Waals surface area contributed by atoms with Gasteiger partial charge in [0.15, 0.2) is 0 Å². The van der Waals surface area contributed by atoms with Crippen LogP contribution in [0.5, 0.6) is 0 Å². The summed E-state index contributed by atoms with van der Waals surface area (Å²) in [6.07, 6.45) is 0. The average Bonchev–Trinajstić information content (AvgIpc) is 2.35. The largest absolute Gasteiger partial charge is 2.00 e. The standard InChI is InChI=1S/C16H32Cl2N4.Mn/c1-15(17)11-19(3)5-8-22-10-9-21(13-15)7-6-20(4)12-16(2,18)14-22;/h5-14H2,1-4H3;/q;+2. The fraction of sp³-hybridized carbons (Fsp3) is 1.00. The summed E-state index contributed by atoms with van der Waals surface area (Å²) in [5.74, 6) is 0. The van der Waals surface area contributed by atoms with Crippen LogP contribution in [0.3, 0.4) is 0 Å². The minimum Gasteiger partial charge on any atom is -0.303 e. The van der Waals surface area contributed by atoms with Gasteiger partial charge >= 0.3 is 17.1 Å². The molecule has 135 valence electrons. The molecular formula is C16H32Cl2MnN4+2. The Balaban J connectivity index is 0.00000264. The Labute approximate surface area is 162 Å². The Morgan fingerprint density at radius 1 is 0.609 bits per heavy atom. The molecule has 4 atom stereocenters. The van der Waals surface area contributed by atoms with Gasteiger partial charge in [0.2, 0.25) is 0 Å². The molecule has 1 radical (unpaired) electrons. The number of halogens is 2. The number of alkyl halides is 2. The SMILES string of the molecule is CN1CCN2CCN(CCN(C)CC(C)(Cl)C2)CC(C)(Cl)C1.[Mn+2]. The molecule has 7 heteroatoms. The van der Waals surface area contributed by atoms with E-state index in [4.69, 9.17) is 23.2 Å². The van der Waals surface area contributed by atoms with E-state index in [0.29, 0.717) is 0 Å². The van der Waals surface area contributed by atoms with E-state index in [1.165, 1.54) is 0 Å². The van der Waals surface area contributed by atoms with Crippen LogP contribution in [0.25, 0.3) is 0 Å². The molecule has 0 N–H and O–H groups in total. The van der Waals surface area contributed by atoms with Crippen LogP contribution in [0.1, 0.15) is 13.8 Å². The van der Waals surface area contributed by atoms with Crippen molar-refractivity contribution in [1.29, 1.82) is 0 Å². The van der Waals surface area contributed by atoms with Gasteiger partial charge in [-0.05, 0) is 27.9 Å². The molecule has 2 saturated heterocycles. The van der Waals surface area contributed by atoms with E-state index in [-0.39, 0.29) is 26.8 Å². The van der Waals surface area contributed by atoms with Crippen molar-refractivity contribution in [2.45, 2.75) is 23.6 Å². The van der Waals surface area contributed by atoms with Gasteiger partial charge in [0.1, 0.15) is 0 Å². The van der Waals surface area contributed by atoms with E-state index < -0.39 is 0 Å². The van der Waals surface area contributed by atoms with E-state index in [1.807, 2.05) is 0 Å². The van der Waals surface area contributed by atoms with Gasteiger partial charge in [-0.15, -0.1) is 23.2 Å². The zero-order valence-corrected chi connectivity index (χ0v) is 17.7. The third-order valence-electron chi connectivity index (χ3n) is 4.63. The van der Waals surface area contributed by atoms with Crippen LogP contribution < -0.4 is 0 Å². The van der Waals surface area contributed by atoms with Gasteiger partial charge in [0, 0.05) is 65.4 Å². The smallest absolute Gasteiger partial charge is 0.303 e. The molecule has 23 heavy (non-hydrogen) atoms. The molecule has 0 saturated carbocycles. The Morgan fingerprint density at radius 2 is 0.913 bits per heavy atom. The summed E-state index contributed by atoms with van der Waals surface area (Å²) >= 11 is 13.6. The van der Waals surface area contributed by atoms with Crippen molar-refractivity contribution >= 4 is 23.2 Å². The second-order valence-corrected chi connectivity index (χ2v) is 9.68. The second kappa shape index (κ2) is 9.04. The first-order chi connectivity index (χ1) is 10.2. The number of hydrogen-bond acceptors (Lipinski definition) is 4. The molecule has 0 aromatic carbocycles. The number of rotatable bonds is 0. The van der Waals surface area contributed by atoms with Gasteiger partial charge in [-0.1, -0.05) is 0 Å². The molecule has 2 heterocycles. The van der Waals surface area contributed by atoms with Crippen molar-refractivity contribution < 1.29 is 17.1 Å². The summed E-state index contributed by atoms with van der Waals surface area (Å²) in [6, 6.07) is 0.